The topological polar surface area (TPSA) is 72.7 Å². The normalized spacial score (nSPS) is 11.6. The number of aromatic nitrogens is 2. The van der Waals surface area contributed by atoms with Crippen molar-refractivity contribution < 1.29 is 13.2 Å². The quantitative estimate of drug-likeness (QED) is 0.798. The predicted octanol–water partition coefficient (Wildman–Crippen LogP) is 2.76. The van der Waals surface area contributed by atoms with Gasteiger partial charge in [-0.15, -0.1) is 0 Å². The molecule has 0 spiro atoms. The molecule has 0 aliphatic heterocycles. The largest absolute Gasteiger partial charge is 0.497 e. The lowest BCUT2D eigenvalue weighted by molar-refractivity contribution is 0.414. The molecule has 0 atom stereocenters. The fourth-order valence-electron chi connectivity index (χ4n) is 2.44. The minimum absolute atomic E-state index is 0.222. The predicted molar refractivity (Wildman–Crippen MR) is 88.5 cm³/mol. The Morgan fingerprint density at radius 1 is 1.13 bits per heavy atom. The summed E-state index contributed by atoms with van der Waals surface area (Å²) in [5.41, 5.74) is 2.74. The van der Waals surface area contributed by atoms with E-state index in [1.54, 1.807) is 48.9 Å². The van der Waals surface area contributed by atoms with Crippen molar-refractivity contribution in [2.24, 2.45) is 0 Å². The molecule has 120 valence electrons. The van der Waals surface area contributed by atoms with E-state index >= 15 is 0 Å². The van der Waals surface area contributed by atoms with Crippen molar-refractivity contribution in [3.8, 4) is 5.75 Å². The zero-order valence-corrected chi connectivity index (χ0v) is 13.9. The number of hydrogen-bond donors (Lipinski definition) is 1. The number of fused-ring (bicyclic) bond motifs is 1. The van der Waals surface area contributed by atoms with Gasteiger partial charge in [-0.2, -0.15) is 0 Å². The molecule has 3 rings (SSSR count). The van der Waals surface area contributed by atoms with Gasteiger partial charge in [0.15, 0.2) is 0 Å². The maximum absolute atomic E-state index is 12.6. The van der Waals surface area contributed by atoms with E-state index < -0.39 is 10.0 Å². The first kappa shape index (κ1) is 15.4. The summed E-state index contributed by atoms with van der Waals surface area (Å²) in [6.45, 7) is 3.62. The molecule has 3 aromatic rings. The summed E-state index contributed by atoms with van der Waals surface area (Å²) >= 11 is 0. The molecule has 0 amide bonds. The van der Waals surface area contributed by atoms with E-state index in [-0.39, 0.29) is 4.90 Å². The van der Waals surface area contributed by atoms with Crippen LogP contribution in [0.15, 0.2) is 47.6 Å². The van der Waals surface area contributed by atoms with Crippen molar-refractivity contribution >= 4 is 21.4 Å². The maximum atomic E-state index is 12.6. The number of pyridine rings is 1. The minimum Gasteiger partial charge on any atom is -0.497 e. The Kier molecular flexibility index (Phi) is 3.73. The summed E-state index contributed by atoms with van der Waals surface area (Å²) in [4.78, 5) is 4.54. The SMILES string of the molecule is COc1ccc(S(=O)(=O)Nc2ccc3nc(C)cn3c2)c(C)c1. The first-order chi connectivity index (χ1) is 10.9. The van der Waals surface area contributed by atoms with Gasteiger partial charge in [0.1, 0.15) is 11.4 Å². The van der Waals surface area contributed by atoms with E-state index in [0.717, 1.165) is 11.3 Å². The molecule has 0 fully saturated rings. The number of hydrogen-bond acceptors (Lipinski definition) is 4. The Bertz CT molecular complexity index is 977. The molecule has 0 aliphatic carbocycles. The van der Waals surface area contributed by atoms with E-state index in [9.17, 15) is 8.42 Å². The molecule has 0 saturated heterocycles. The summed E-state index contributed by atoms with van der Waals surface area (Å²) in [7, 11) is -2.12. The van der Waals surface area contributed by atoms with Crippen molar-refractivity contribution in [1.29, 1.82) is 0 Å². The number of anilines is 1. The first-order valence-electron chi connectivity index (χ1n) is 7.02. The highest BCUT2D eigenvalue weighted by Crippen LogP contribution is 2.23. The van der Waals surface area contributed by atoms with Crippen molar-refractivity contribution in [3.05, 3.63) is 54.0 Å². The van der Waals surface area contributed by atoms with Gasteiger partial charge < -0.3 is 9.14 Å². The van der Waals surface area contributed by atoms with Crippen LogP contribution in [0.5, 0.6) is 5.75 Å². The Labute approximate surface area is 134 Å². The van der Waals surface area contributed by atoms with Gasteiger partial charge in [-0.05, 0) is 49.7 Å². The second kappa shape index (κ2) is 5.58. The third-order valence-corrected chi connectivity index (χ3v) is 5.04. The average Bonchev–Trinajstić information content (AvgIpc) is 2.85. The molecular formula is C16H17N3O3S. The number of aryl methyl sites for hydroxylation is 2. The van der Waals surface area contributed by atoms with Crippen LogP contribution in [0.2, 0.25) is 0 Å². The molecule has 2 heterocycles. The molecule has 6 nitrogen and oxygen atoms in total. The standard InChI is InChI=1S/C16H17N3O3S/c1-11-8-14(22-3)5-6-15(11)23(20,21)18-13-4-7-16-17-12(2)9-19(16)10-13/h4-10,18H,1-3H3. The van der Waals surface area contributed by atoms with Crippen LogP contribution in [0, 0.1) is 13.8 Å². The Morgan fingerprint density at radius 2 is 1.91 bits per heavy atom. The number of methoxy groups -OCH3 is 1. The highest BCUT2D eigenvalue weighted by molar-refractivity contribution is 7.92. The third kappa shape index (κ3) is 3.00. The van der Waals surface area contributed by atoms with Gasteiger partial charge in [-0.25, -0.2) is 13.4 Å². The Balaban J connectivity index is 1.95. The van der Waals surface area contributed by atoms with Gasteiger partial charge in [-0.3, -0.25) is 4.72 Å². The van der Waals surface area contributed by atoms with E-state index in [2.05, 4.69) is 9.71 Å². The minimum atomic E-state index is -3.67. The molecule has 1 aromatic carbocycles. The van der Waals surface area contributed by atoms with Gasteiger partial charge in [0.2, 0.25) is 0 Å². The van der Waals surface area contributed by atoms with Gasteiger partial charge in [0.25, 0.3) is 10.0 Å². The zero-order valence-electron chi connectivity index (χ0n) is 13.1. The fourth-order valence-corrected chi connectivity index (χ4v) is 3.71. The van der Waals surface area contributed by atoms with Gasteiger partial charge in [0.05, 0.1) is 23.4 Å². The van der Waals surface area contributed by atoms with Gasteiger partial charge >= 0.3 is 0 Å². The molecule has 0 unspecified atom stereocenters. The molecule has 1 N–H and O–H groups in total. The maximum Gasteiger partial charge on any atom is 0.262 e. The van der Waals surface area contributed by atoms with Crippen LogP contribution in [-0.4, -0.2) is 24.9 Å². The molecule has 0 radical (unpaired) electrons. The Hall–Kier alpha value is -2.54. The van der Waals surface area contributed by atoms with Crippen molar-refractivity contribution in [3.63, 3.8) is 0 Å². The lowest BCUT2D eigenvalue weighted by Gasteiger charge is -2.11. The highest BCUT2D eigenvalue weighted by Gasteiger charge is 2.17. The molecule has 7 heteroatoms. The molecule has 0 aliphatic rings. The fraction of sp³-hybridized carbons (Fsp3) is 0.188. The monoisotopic (exact) mass is 331 g/mol. The molecular weight excluding hydrogens is 314 g/mol. The van der Waals surface area contributed by atoms with E-state index in [0.29, 0.717) is 17.0 Å². The number of rotatable bonds is 4. The lowest BCUT2D eigenvalue weighted by Crippen LogP contribution is -2.14. The summed E-state index contributed by atoms with van der Waals surface area (Å²) < 4.78 is 34.7. The number of sulfonamides is 1. The second-order valence-corrected chi connectivity index (χ2v) is 6.95. The van der Waals surface area contributed by atoms with Crippen LogP contribution in [0.4, 0.5) is 5.69 Å². The summed E-state index contributed by atoms with van der Waals surface area (Å²) in [6.07, 6.45) is 3.54. The molecule has 0 bridgehead atoms. The molecule has 2 aromatic heterocycles. The van der Waals surface area contributed by atoms with E-state index in [1.165, 1.54) is 6.07 Å². The molecule has 23 heavy (non-hydrogen) atoms. The lowest BCUT2D eigenvalue weighted by atomic mass is 10.2. The van der Waals surface area contributed by atoms with Crippen molar-refractivity contribution in [1.82, 2.24) is 9.38 Å². The summed E-state index contributed by atoms with van der Waals surface area (Å²) in [6, 6.07) is 8.32. The highest BCUT2D eigenvalue weighted by atomic mass is 32.2. The number of imidazole rings is 1. The first-order valence-corrected chi connectivity index (χ1v) is 8.50. The second-order valence-electron chi connectivity index (χ2n) is 5.30. The zero-order chi connectivity index (χ0) is 16.6. The van der Waals surface area contributed by atoms with Crippen molar-refractivity contribution in [2.45, 2.75) is 18.7 Å². The Morgan fingerprint density at radius 3 is 2.61 bits per heavy atom. The smallest absolute Gasteiger partial charge is 0.262 e. The van der Waals surface area contributed by atoms with Crippen molar-refractivity contribution in [2.75, 3.05) is 11.8 Å². The van der Waals surface area contributed by atoms with Crippen LogP contribution < -0.4 is 9.46 Å². The number of benzene rings is 1. The van der Waals surface area contributed by atoms with Crippen LogP contribution in [0.25, 0.3) is 5.65 Å². The van der Waals surface area contributed by atoms with Gasteiger partial charge in [-0.1, -0.05) is 0 Å². The number of nitrogens with one attached hydrogen (secondary N) is 1. The van der Waals surface area contributed by atoms with Crippen LogP contribution in [-0.2, 0) is 10.0 Å². The number of nitrogens with zero attached hydrogens (tertiary/aromatic N) is 2. The summed E-state index contributed by atoms with van der Waals surface area (Å²) in [5, 5.41) is 0. The van der Waals surface area contributed by atoms with E-state index in [4.69, 9.17) is 4.74 Å². The summed E-state index contributed by atoms with van der Waals surface area (Å²) in [5.74, 6) is 0.622. The van der Waals surface area contributed by atoms with Crippen LogP contribution in [0.1, 0.15) is 11.3 Å². The number of ether oxygens (including phenoxy) is 1. The third-order valence-electron chi connectivity index (χ3n) is 3.50. The average molecular weight is 331 g/mol. The van der Waals surface area contributed by atoms with Crippen LogP contribution in [0.3, 0.4) is 0 Å². The van der Waals surface area contributed by atoms with Gasteiger partial charge in [0, 0.05) is 12.4 Å². The molecule has 0 saturated carbocycles. The van der Waals surface area contributed by atoms with E-state index in [1.807, 2.05) is 13.1 Å². The van der Waals surface area contributed by atoms with Crippen LogP contribution >= 0.6 is 0 Å².